The highest BCUT2D eigenvalue weighted by Gasteiger charge is 1.88. The zero-order valence-electron chi connectivity index (χ0n) is 5.50. The van der Waals surface area contributed by atoms with Crippen molar-refractivity contribution in [3.63, 3.8) is 0 Å². The molecular weight excluding hydrogens is 172 g/mol. The molecule has 0 atom stereocenters. The van der Waals surface area contributed by atoms with Crippen molar-refractivity contribution < 1.29 is 4.55 Å². The molecule has 0 aromatic carbocycles. The van der Waals surface area contributed by atoms with E-state index in [-0.39, 0.29) is 0 Å². The standard InChI is InChI=1S/C3H8OS3.C2H4/c1-2-3-7(4,5)6;1-2/h2-3H2,1H3,(H,4,5,6);1-2H2. The van der Waals surface area contributed by atoms with Gasteiger partial charge in [0.1, 0.15) is 0 Å². The minimum absolute atomic E-state index is 0.609. The third kappa shape index (κ3) is 17.7. The predicted molar refractivity (Wildman–Crippen MR) is 51.1 cm³/mol. The first-order valence-corrected chi connectivity index (χ1v) is 6.12. The van der Waals surface area contributed by atoms with Gasteiger partial charge in [-0.05, 0) is 28.8 Å². The second-order valence-electron chi connectivity index (χ2n) is 1.29. The quantitative estimate of drug-likeness (QED) is 0.660. The lowest BCUT2D eigenvalue weighted by Gasteiger charge is -1.94. The minimum atomic E-state index is -2.01. The third-order valence-corrected chi connectivity index (χ3v) is 2.39. The second-order valence-corrected chi connectivity index (χ2v) is 6.80. The van der Waals surface area contributed by atoms with Gasteiger partial charge in [-0.3, -0.25) is 0 Å². The maximum atomic E-state index is 8.73. The summed E-state index contributed by atoms with van der Waals surface area (Å²) < 4.78 is 8.73. The van der Waals surface area contributed by atoms with E-state index < -0.39 is 7.43 Å². The number of hydrogen-bond donors (Lipinski definition) is 1. The molecular formula is C5H12OS3. The number of hydrogen-bond acceptors (Lipinski definition) is 2. The third-order valence-electron chi connectivity index (χ3n) is 0.462. The minimum Gasteiger partial charge on any atom is -0.325 e. The first kappa shape index (κ1) is 12.2. The van der Waals surface area contributed by atoms with Crippen molar-refractivity contribution in [2.75, 3.05) is 5.75 Å². The Morgan fingerprint density at radius 3 is 1.78 bits per heavy atom. The first-order valence-electron chi connectivity index (χ1n) is 2.51. The monoisotopic (exact) mass is 184 g/mol. The van der Waals surface area contributed by atoms with Crippen LogP contribution in [0.4, 0.5) is 0 Å². The Kier molecular flexibility index (Phi) is 8.95. The average Bonchev–Trinajstić information content (AvgIpc) is 1.69. The van der Waals surface area contributed by atoms with E-state index in [0.29, 0.717) is 5.75 Å². The summed E-state index contributed by atoms with van der Waals surface area (Å²) in [6.45, 7) is 7.95. The second kappa shape index (κ2) is 6.61. The van der Waals surface area contributed by atoms with Gasteiger partial charge in [0.2, 0.25) is 0 Å². The molecule has 0 rings (SSSR count). The fourth-order valence-electron chi connectivity index (χ4n) is 0.258. The van der Waals surface area contributed by atoms with Gasteiger partial charge in [0.15, 0.2) is 0 Å². The molecule has 0 aliphatic carbocycles. The van der Waals surface area contributed by atoms with Crippen LogP contribution in [0.2, 0.25) is 0 Å². The zero-order valence-corrected chi connectivity index (χ0v) is 7.95. The molecule has 0 saturated heterocycles. The van der Waals surface area contributed by atoms with E-state index in [1.54, 1.807) is 0 Å². The van der Waals surface area contributed by atoms with Crippen LogP contribution in [0.1, 0.15) is 13.3 Å². The molecule has 0 aromatic heterocycles. The lowest BCUT2D eigenvalue weighted by atomic mass is 10.6. The van der Waals surface area contributed by atoms with Crippen LogP contribution in [0.3, 0.4) is 0 Å². The lowest BCUT2D eigenvalue weighted by Crippen LogP contribution is -1.97. The maximum absolute atomic E-state index is 8.73. The van der Waals surface area contributed by atoms with Gasteiger partial charge in [-0.15, -0.1) is 13.2 Å². The van der Waals surface area contributed by atoms with Crippen molar-refractivity contribution in [1.29, 1.82) is 0 Å². The fraction of sp³-hybridized carbons (Fsp3) is 0.600. The van der Waals surface area contributed by atoms with Crippen LogP contribution in [0.15, 0.2) is 13.2 Å². The molecule has 0 amide bonds. The molecule has 0 saturated carbocycles. The van der Waals surface area contributed by atoms with Crippen molar-refractivity contribution >= 4 is 29.8 Å². The summed E-state index contributed by atoms with van der Waals surface area (Å²) in [5.74, 6) is 0.609. The molecule has 0 aromatic rings. The smallest absolute Gasteiger partial charge is 0.0245 e. The molecule has 56 valence electrons. The van der Waals surface area contributed by atoms with Gasteiger partial charge in [0.25, 0.3) is 0 Å². The molecule has 0 bridgehead atoms. The maximum Gasteiger partial charge on any atom is 0.0245 e. The van der Waals surface area contributed by atoms with Gasteiger partial charge in [0.05, 0.1) is 0 Å². The van der Waals surface area contributed by atoms with E-state index in [4.69, 9.17) is 4.55 Å². The van der Waals surface area contributed by atoms with Crippen LogP contribution in [0.5, 0.6) is 0 Å². The summed E-state index contributed by atoms with van der Waals surface area (Å²) in [5.41, 5.74) is 0. The van der Waals surface area contributed by atoms with Crippen molar-refractivity contribution in [2.45, 2.75) is 13.3 Å². The molecule has 0 heterocycles. The van der Waals surface area contributed by atoms with Crippen molar-refractivity contribution in [2.24, 2.45) is 0 Å². The van der Waals surface area contributed by atoms with Crippen molar-refractivity contribution in [3.05, 3.63) is 13.2 Å². The largest absolute Gasteiger partial charge is 0.325 e. The Labute approximate surface area is 66.8 Å². The van der Waals surface area contributed by atoms with E-state index in [9.17, 15) is 0 Å². The van der Waals surface area contributed by atoms with Gasteiger partial charge in [0, 0.05) is 13.2 Å². The van der Waals surface area contributed by atoms with Crippen LogP contribution in [0.25, 0.3) is 0 Å². The van der Waals surface area contributed by atoms with E-state index >= 15 is 0 Å². The highest BCUT2D eigenvalue weighted by molar-refractivity contribution is 8.53. The molecule has 0 spiro atoms. The molecule has 1 N–H and O–H groups in total. The predicted octanol–water partition coefficient (Wildman–Crippen LogP) is 1.75. The molecule has 4 heteroatoms. The summed E-state index contributed by atoms with van der Waals surface area (Å²) in [6.07, 6.45) is 0.888. The van der Waals surface area contributed by atoms with Crippen LogP contribution in [0, 0.1) is 0 Å². The summed E-state index contributed by atoms with van der Waals surface area (Å²) in [6, 6.07) is 0. The topological polar surface area (TPSA) is 20.2 Å². The van der Waals surface area contributed by atoms with Gasteiger partial charge in [-0.25, -0.2) is 0 Å². The Morgan fingerprint density at radius 2 is 1.78 bits per heavy atom. The van der Waals surface area contributed by atoms with Crippen LogP contribution >= 0.6 is 0 Å². The molecule has 0 unspecified atom stereocenters. The molecule has 0 radical (unpaired) electrons. The Bertz CT molecular complexity index is 136. The van der Waals surface area contributed by atoms with E-state index in [0.717, 1.165) is 6.42 Å². The molecule has 1 nitrogen and oxygen atoms in total. The first-order chi connectivity index (χ1) is 4.06. The normalized spacial score (nSPS) is 9.56. The van der Waals surface area contributed by atoms with Gasteiger partial charge in [-0.1, -0.05) is 6.92 Å². The van der Waals surface area contributed by atoms with Crippen LogP contribution in [-0.2, 0) is 29.8 Å². The van der Waals surface area contributed by atoms with E-state index in [2.05, 4.69) is 35.5 Å². The molecule has 0 fully saturated rings. The molecule has 0 aliphatic rings. The lowest BCUT2D eigenvalue weighted by molar-refractivity contribution is 0.652. The Hall–Kier alpha value is 0.490. The molecule has 9 heavy (non-hydrogen) atoms. The highest BCUT2D eigenvalue weighted by atomic mass is 33.1. The van der Waals surface area contributed by atoms with Crippen LogP contribution < -0.4 is 0 Å². The van der Waals surface area contributed by atoms with E-state index in [1.165, 1.54) is 0 Å². The van der Waals surface area contributed by atoms with Crippen LogP contribution in [-0.4, -0.2) is 10.3 Å². The average molecular weight is 184 g/mol. The summed E-state index contributed by atoms with van der Waals surface area (Å²) in [5, 5.41) is 0. The summed E-state index contributed by atoms with van der Waals surface area (Å²) in [7, 11) is -2.01. The van der Waals surface area contributed by atoms with Gasteiger partial charge >= 0.3 is 0 Å². The summed E-state index contributed by atoms with van der Waals surface area (Å²) in [4.78, 5) is 0. The Morgan fingerprint density at radius 1 is 1.44 bits per heavy atom. The van der Waals surface area contributed by atoms with Gasteiger partial charge < -0.3 is 4.55 Å². The van der Waals surface area contributed by atoms with E-state index in [1.807, 2.05) is 6.92 Å². The molecule has 0 aliphatic heterocycles. The SMILES string of the molecule is C=C.CCCS(O)(=S)=S. The fourth-order valence-corrected chi connectivity index (χ4v) is 1.77. The van der Waals surface area contributed by atoms with Gasteiger partial charge in [-0.2, -0.15) is 0 Å². The number of rotatable bonds is 2. The Balaban J connectivity index is 0. The zero-order chi connectivity index (χ0) is 7.91. The summed E-state index contributed by atoms with van der Waals surface area (Å²) >= 11 is 9.08. The van der Waals surface area contributed by atoms with Crippen molar-refractivity contribution in [3.8, 4) is 0 Å². The van der Waals surface area contributed by atoms with Crippen molar-refractivity contribution in [1.82, 2.24) is 0 Å². The highest BCUT2D eigenvalue weighted by Crippen LogP contribution is 1.86.